The number of rotatable bonds is 7. The molecule has 1 aromatic carbocycles. The van der Waals surface area contributed by atoms with Gasteiger partial charge in [-0.1, -0.05) is 20.3 Å². The van der Waals surface area contributed by atoms with Gasteiger partial charge in [0.15, 0.2) is 5.65 Å². The highest BCUT2D eigenvalue weighted by atomic mass is 16.3. The molecule has 0 atom stereocenters. The predicted octanol–water partition coefficient (Wildman–Crippen LogP) is 4.96. The first kappa shape index (κ1) is 25.7. The van der Waals surface area contributed by atoms with Crippen molar-refractivity contribution in [1.82, 2.24) is 29.3 Å². The Morgan fingerprint density at radius 2 is 1.93 bits per heavy atom. The number of hydrogen-bond acceptors (Lipinski definition) is 7. The number of benzene rings is 1. The van der Waals surface area contributed by atoms with Gasteiger partial charge >= 0.3 is 0 Å². The summed E-state index contributed by atoms with van der Waals surface area (Å²) in [7, 11) is 0. The van der Waals surface area contributed by atoms with Crippen LogP contribution in [0.25, 0.3) is 33.7 Å². The normalized spacial score (nSPS) is 15.0. The highest BCUT2D eigenvalue weighted by Gasteiger charge is 2.30. The van der Waals surface area contributed by atoms with E-state index >= 15 is 0 Å². The molecule has 10 heteroatoms. The molecule has 6 rings (SSSR count). The first-order valence-electron chi connectivity index (χ1n) is 13.6. The fourth-order valence-electron chi connectivity index (χ4n) is 5.46. The Morgan fingerprint density at radius 1 is 1.10 bits per heavy atom. The van der Waals surface area contributed by atoms with Crippen LogP contribution in [-0.2, 0) is 0 Å². The Balaban J connectivity index is 1.47. The van der Waals surface area contributed by atoms with Crippen molar-refractivity contribution < 1.29 is 9.90 Å². The maximum absolute atomic E-state index is 12.3. The number of nitrogens with one attached hydrogen (secondary N) is 1. The van der Waals surface area contributed by atoms with Crippen molar-refractivity contribution in [3.05, 3.63) is 78.8 Å². The number of carbonyl (C=O) groups excluding carboxylic acids is 1. The summed E-state index contributed by atoms with van der Waals surface area (Å²) < 4.78 is 3.76. The Bertz CT molecular complexity index is 1680. The zero-order valence-corrected chi connectivity index (χ0v) is 22.6. The molecule has 0 bridgehead atoms. The van der Waals surface area contributed by atoms with Crippen LogP contribution in [0.15, 0.2) is 67.5 Å². The van der Waals surface area contributed by atoms with Crippen molar-refractivity contribution in [2.45, 2.75) is 57.6 Å². The van der Waals surface area contributed by atoms with Gasteiger partial charge in [-0.2, -0.15) is 5.10 Å². The molecule has 4 aromatic heterocycles. The Labute approximate surface area is 231 Å². The van der Waals surface area contributed by atoms with Crippen LogP contribution in [0.2, 0.25) is 0 Å². The largest absolute Gasteiger partial charge is 0.371 e. The number of primary amides is 1. The highest BCUT2D eigenvalue weighted by Crippen LogP contribution is 2.34. The fourth-order valence-corrected chi connectivity index (χ4v) is 5.46. The van der Waals surface area contributed by atoms with E-state index in [9.17, 15) is 9.90 Å². The highest BCUT2D eigenvalue weighted by molar-refractivity contribution is 5.99. The molecule has 1 saturated carbocycles. The average Bonchev–Trinajstić information content (AvgIpc) is 3.59. The van der Waals surface area contributed by atoms with Crippen molar-refractivity contribution in [3.63, 3.8) is 0 Å². The lowest BCUT2D eigenvalue weighted by Crippen LogP contribution is -2.40. The smallest absolute Gasteiger partial charge is 0.250 e. The molecular weight excluding hydrogens is 504 g/mol. The molecule has 0 saturated heterocycles. The second-order valence-electron chi connectivity index (χ2n) is 10.7. The number of imidazole rings is 1. The number of aliphatic hydroxyl groups is 1. The number of fused-ring (bicyclic) bond motifs is 1. The molecule has 1 aliphatic rings. The second kappa shape index (κ2) is 10.2. The number of pyridine rings is 2. The molecule has 10 nitrogen and oxygen atoms in total. The third kappa shape index (κ3) is 4.71. The summed E-state index contributed by atoms with van der Waals surface area (Å²) in [6.07, 6.45) is 13.2. The first-order valence-corrected chi connectivity index (χ1v) is 13.6. The fraction of sp³-hybridized carbons (Fsp3) is 0.300. The SMILES string of the molecule is CC(C)c1nn(-c2ccc(C(N)=O)c(NC3(O)CCCCC3)c2)c2nccc(-n3cnc(-c4cccnc4)c3)c12. The average molecular weight is 537 g/mol. The standard InChI is InChI=1S/C30H32N8O2/c1-19(2)27-26-25(37-17-24(34-18-37)20-7-6-13-32-16-20)10-14-33-29(26)38(36-27)21-8-9-22(28(31)39)23(15-21)35-30(40)11-4-3-5-12-30/h6-10,13-19,35,40H,3-5,11-12H2,1-2H3,(H2,31,39). The Kier molecular flexibility index (Phi) is 6.55. The maximum atomic E-state index is 12.3. The van der Waals surface area contributed by atoms with E-state index < -0.39 is 11.6 Å². The lowest BCUT2D eigenvalue weighted by atomic mass is 9.91. The zero-order valence-electron chi connectivity index (χ0n) is 22.6. The van der Waals surface area contributed by atoms with Gasteiger partial charge in [-0.15, -0.1) is 0 Å². The zero-order chi connectivity index (χ0) is 27.9. The van der Waals surface area contributed by atoms with Crippen molar-refractivity contribution >= 4 is 22.6 Å². The topological polar surface area (TPSA) is 137 Å². The minimum Gasteiger partial charge on any atom is -0.371 e. The van der Waals surface area contributed by atoms with Crippen LogP contribution < -0.4 is 11.1 Å². The molecule has 1 fully saturated rings. The van der Waals surface area contributed by atoms with Crippen molar-refractivity contribution in [3.8, 4) is 22.6 Å². The lowest BCUT2D eigenvalue weighted by molar-refractivity contribution is 0.0316. The summed E-state index contributed by atoms with van der Waals surface area (Å²) in [5.74, 6) is -0.454. The predicted molar refractivity (Wildman–Crippen MR) is 153 cm³/mol. The number of nitrogens with zero attached hydrogens (tertiary/aromatic N) is 6. The van der Waals surface area contributed by atoms with Gasteiger partial charge in [0.2, 0.25) is 0 Å². The maximum Gasteiger partial charge on any atom is 0.250 e. The van der Waals surface area contributed by atoms with Gasteiger partial charge in [0.05, 0.1) is 45.7 Å². The van der Waals surface area contributed by atoms with Gasteiger partial charge in [-0.3, -0.25) is 9.78 Å². The van der Waals surface area contributed by atoms with Crippen LogP contribution in [-0.4, -0.2) is 46.0 Å². The third-order valence-corrected chi connectivity index (χ3v) is 7.50. The number of hydrogen-bond donors (Lipinski definition) is 3. The molecule has 4 heterocycles. The summed E-state index contributed by atoms with van der Waals surface area (Å²) in [4.78, 5) is 25.8. The molecule has 0 radical (unpaired) electrons. The molecular formula is C30H32N8O2. The number of carbonyl (C=O) groups is 1. The van der Waals surface area contributed by atoms with E-state index in [1.54, 1.807) is 41.7 Å². The van der Waals surface area contributed by atoms with E-state index in [4.69, 9.17) is 15.8 Å². The van der Waals surface area contributed by atoms with Gasteiger partial charge in [0, 0.05) is 30.4 Å². The minimum atomic E-state index is -1.09. The van der Waals surface area contributed by atoms with E-state index in [2.05, 4.69) is 29.1 Å². The van der Waals surface area contributed by atoms with Gasteiger partial charge < -0.3 is 20.7 Å². The van der Waals surface area contributed by atoms with Crippen LogP contribution in [0.5, 0.6) is 0 Å². The van der Waals surface area contributed by atoms with Crippen molar-refractivity contribution in [2.24, 2.45) is 5.73 Å². The Morgan fingerprint density at radius 3 is 2.65 bits per heavy atom. The van der Waals surface area contributed by atoms with Gasteiger partial charge in [-0.25, -0.2) is 14.6 Å². The molecule has 1 aliphatic carbocycles. The summed E-state index contributed by atoms with van der Waals surface area (Å²) in [6.45, 7) is 4.19. The molecule has 0 unspecified atom stereocenters. The van der Waals surface area contributed by atoms with E-state index in [0.29, 0.717) is 35.4 Å². The van der Waals surface area contributed by atoms with Crippen molar-refractivity contribution in [1.29, 1.82) is 0 Å². The minimum absolute atomic E-state index is 0.110. The number of amides is 1. The quantitative estimate of drug-likeness (QED) is 0.250. The molecule has 204 valence electrons. The molecule has 4 N–H and O–H groups in total. The van der Waals surface area contributed by atoms with E-state index in [-0.39, 0.29) is 5.92 Å². The summed E-state index contributed by atoms with van der Waals surface area (Å²) in [6, 6.07) is 11.1. The van der Waals surface area contributed by atoms with Gasteiger partial charge in [0.25, 0.3) is 5.91 Å². The number of nitrogens with two attached hydrogens (primary N) is 1. The summed E-state index contributed by atoms with van der Waals surface area (Å²) in [5.41, 5.74) is 10.3. The second-order valence-corrected chi connectivity index (χ2v) is 10.7. The van der Waals surface area contributed by atoms with Gasteiger partial charge in [0.1, 0.15) is 5.72 Å². The number of anilines is 1. The van der Waals surface area contributed by atoms with Crippen LogP contribution in [0.4, 0.5) is 5.69 Å². The molecule has 0 spiro atoms. The van der Waals surface area contributed by atoms with E-state index in [1.807, 2.05) is 35.0 Å². The summed E-state index contributed by atoms with van der Waals surface area (Å²) in [5, 5.41) is 20.3. The van der Waals surface area contributed by atoms with E-state index in [0.717, 1.165) is 47.3 Å². The molecule has 5 aromatic rings. The summed E-state index contributed by atoms with van der Waals surface area (Å²) >= 11 is 0. The first-order chi connectivity index (χ1) is 19.3. The van der Waals surface area contributed by atoms with Crippen LogP contribution in [0.3, 0.4) is 0 Å². The van der Waals surface area contributed by atoms with Crippen LogP contribution in [0.1, 0.15) is 67.9 Å². The molecule has 40 heavy (non-hydrogen) atoms. The van der Waals surface area contributed by atoms with Crippen molar-refractivity contribution in [2.75, 3.05) is 5.32 Å². The third-order valence-electron chi connectivity index (χ3n) is 7.50. The van der Waals surface area contributed by atoms with E-state index in [1.165, 1.54) is 0 Å². The van der Waals surface area contributed by atoms with Gasteiger partial charge in [-0.05, 0) is 68.0 Å². The Hall–Kier alpha value is -4.57. The molecule has 1 amide bonds. The molecule has 0 aliphatic heterocycles. The monoisotopic (exact) mass is 536 g/mol. The van der Waals surface area contributed by atoms with Crippen LogP contribution in [0, 0.1) is 0 Å². The lowest BCUT2D eigenvalue weighted by Gasteiger charge is -2.34. The number of aromatic nitrogens is 6. The van der Waals surface area contributed by atoms with Crippen LogP contribution >= 0.6 is 0 Å².